The van der Waals surface area contributed by atoms with E-state index in [1.807, 2.05) is 6.92 Å². The molecule has 2 aliphatic rings. The van der Waals surface area contributed by atoms with Crippen LogP contribution in [-0.2, 0) is 4.74 Å². The van der Waals surface area contributed by atoms with E-state index in [0.717, 1.165) is 25.7 Å². The zero-order valence-electron chi connectivity index (χ0n) is 13.9. The van der Waals surface area contributed by atoms with E-state index < -0.39 is 24.2 Å². The molecule has 1 heterocycles. The normalized spacial score (nSPS) is 28.5. The maximum Gasteiger partial charge on any atom is 0.408 e. The summed E-state index contributed by atoms with van der Waals surface area (Å²) in [6.07, 6.45) is 0.468. The Hall–Kier alpha value is -0.980. The Balaban J connectivity index is 1.98. The summed E-state index contributed by atoms with van der Waals surface area (Å²) in [5, 5.41) is 2.26. The highest BCUT2D eigenvalue weighted by Gasteiger charge is 2.46. The summed E-state index contributed by atoms with van der Waals surface area (Å²) >= 11 is 0. The van der Waals surface area contributed by atoms with Crippen LogP contribution in [0.25, 0.3) is 0 Å². The number of halogens is 3. The summed E-state index contributed by atoms with van der Waals surface area (Å²) < 4.78 is 45.4. The SMILES string of the molecule is COC1(C)CCCN(C(=O)NC(C2CCCC2)C(F)(F)F)CC1. The van der Waals surface area contributed by atoms with Gasteiger partial charge < -0.3 is 15.0 Å². The number of likely N-dealkylation sites (tertiary alicyclic amines) is 1. The average molecular weight is 336 g/mol. The number of alkyl halides is 3. The van der Waals surface area contributed by atoms with Crippen molar-refractivity contribution in [1.82, 2.24) is 10.2 Å². The van der Waals surface area contributed by atoms with Crippen molar-refractivity contribution in [2.24, 2.45) is 5.92 Å². The van der Waals surface area contributed by atoms with Gasteiger partial charge in [0.05, 0.1) is 5.60 Å². The number of rotatable bonds is 3. The van der Waals surface area contributed by atoms with Crippen molar-refractivity contribution in [2.45, 2.75) is 69.7 Å². The van der Waals surface area contributed by atoms with E-state index in [1.165, 1.54) is 4.90 Å². The summed E-state index contributed by atoms with van der Waals surface area (Å²) in [6.45, 7) is 2.87. The lowest BCUT2D eigenvalue weighted by molar-refractivity contribution is -0.165. The number of hydrogen-bond donors (Lipinski definition) is 1. The molecule has 2 fully saturated rings. The molecule has 2 rings (SSSR count). The first-order chi connectivity index (χ1) is 10.7. The fourth-order valence-corrected chi connectivity index (χ4v) is 3.64. The third kappa shape index (κ3) is 4.75. The summed E-state index contributed by atoms with van der Waals surface area (Å²) in [4.78, 5) is 13.8. The van der Waals surface area contributed by atoms with Crippen LogP contribution in [0.4, 0.5) is 18.0 Å². The molecule has 0 aromatic heterocycles. The van der Waals surface area contributed by atoms with Gasteiger partial charge in [-0.05, 0) is 44.9 Å². The van der Waals surface area contributed by atoms with E-state index in [2.05, 4.69) is 5.32 Å². The van der Waals surface area contributed by atoms with Gasteiger partial charge >= 0.3 is 12.2 Å². The van der Waals surface area contributed by atoms with Crippen LogP contribution in [0.2, 0.25) is 0 Å². The summed E-state index contributed by atoms with van der Waals surface area (Å²) in [6, 6.07) is -2.32. The Morgan fingerprint density at radius 2 is 1.87 bits per heavy atom. The van der Waals surface area contributed by atoms with E-state index in [9.17, 15) is 18.0 Å². The first kappa shape index (κ1) is 18.4. The number of carbonyl (C=O) groups excluding carboxylic acids is 1. The average Bonchev–Trinajstić information content (AvgIpc) is 2.93. The third-order valence-corrected chi connectivity index (χ3v) is 5.33. The van der Waals surface area contributed by atoms with Crippen LogP contribution < -0.4 is 5.32 Å². The largest absolute Gasteiger partial charge is 0.408 e. The molecule has 1 aliphatic heterocycles. The third-order valence-electron chi connectivity index (χ3n) is 5.33. The van der Waals surface area contributed by atoms with Crippen LogP contribution in [0, 0.1) is 5.92 Å². The van der Waals surface area contributed by atoms with Crippen molar-refractivity contribution in [3.63, 3.8) is 0 Å². The molecule has 4 nitrogen and oxygen atoms in total. The van der Waals surface area contributed by atoms with Crippen LogP contribution in [0.1, 0.15) is 51.9 Å². The lowest BCUT2D eigenvalue weighted by Crippen LogP contribution is -2.54. The fourth-order valence-electron chi connectivity index (χ4n) is 3.64. The van der Waals surface area contributed by atoms with Crippen LogP contribution in [0.15, 0.2) is 0 Å². The molecule has 0 spiro atoms. The minimum Gasteiger partial charge on any atom is -0.378 e. The number of methoxy groups -OCH3 is 1. The van der Waals surface area contributed by atoms with Crippen molar-refractivity contribution in [3.05, 3.63) is 0 Å². The monoisotopic (exact) mass is 336 g/mol. The number of nitrogens with zero attached hydrogens (tertiary/aromatic N) is 1. The highest BCUT2D eigenvalue weighted by molar-refractivity contribution is 5.74. The molecule has 2 unspecified atom stereocenters. The highest BCUT2D eigenvalue weighted by Crippen LogP contribution is 2.36. The van der Waals surface area contributed by atoms with Gasteiger partial charge in [-0.2, -0.15) is 13.2 Å². The summed E-state index contributed by atoms with van der Waals surface area (Å²) in [5.74, 6) is -0.491. The molecule has 0 bridgehead atoms. The predicted octanol–water partition coefficient (Wildman–Crippen LogP) is 3.71. The number of hydrogen-bond acceptors (Lipinski definition) is 2. The Morgan fingerprint density at radius 1 is 1.22 bits per heavy atom. The molecular formula is C16H27F3N2O2. The van der Waals surface area contributed by atoms with Gasteiger partial charge in [0.15, 0.2) is 0 Å². The summed E-state index contributed by atoms with van der Waals surface area (Å²) in [5.41, 5.74) is -0.302. The minimum absolute atomic E-state index is 0.302. The molecule has 1 saturated carbocycles. The van der Waals surface area contributed by atoms with Crippen LogP contribution in [0.5, 0.6) is 0 Å². The smallest absolute Gasteiger partial charge is 0.378 e. The lowest BCUT2D eigenvalue weighted by atomic mass is 9.97. The van der Waals surface area contributed by atoms with Gasteiger partial charge in [0.25, 0.3) is 0 Å². The molecule has 0 aromatic carbocycles. The number of amides is 2. The quantitative estimate of drug-likeness (QED) is 0.854. The first-order valence-corrected chi connectivity index (χ1v) is 8.42. The first-order valence-electron chi connectivity index (χ1n) is 8.42. The Labute approximate surface area is 135 Å². The van der Waals surface area contributed by atoms with E-state index in [1.54, 1.807) is 7.11 Å². The second kappa shape index (κ2) is 7.28. The molecule has 7 heteroatoms. The number of ether oxygens (including phenoxy) is 1. The van der Waals surface area contributed by atoms with Crippen molar-refractivity contribution in [1.29, 1.82) is 0 Å². The van der Waals surface area contributed by atoms with Gasteiger partial charge in [-0.15, -0.1) is 0 Å². The van der Waals surface area contributed by atoms with Crippen LogP contribution >= 0.6 is 0 Å². The Kier molecular flexibility index (Phi) is 5.81. The van der Waals surface area contributed by atoms with Gasteiger partial charge in [-0.1, -0.05) is 12.8 Å². The molecular weight excluding hydrogens is 309 g/mol. The van der Waals surface area contributed by atoms with Crippen LogP contribution in [-0.4, -0.2) is 48.9 Å². The molecule has 1 aliphatic carbocycles. The lowest BCUT2D eigenvalue weighted by Gasteiger charge is -2.30. The van der Waals surface area contributed by atoms with Crippen molar-refractivity contribution >= 4 is 6.03 Å². The van der Waals surface area contributed by atoms with Crippen LogP contribution in [0.3, 0.4) is 0 Å². The molecule has 1 saturated heterocycles. The topological polar surface area (TPSA) is 41.6 Å². The van der Waals surface area contributed by atoms with Gasteiger partial charge in [-0.25, -0.2) is 4.79 Å². The Morgan fingerprint density at radius 3 is 2.43 bits per heavy atom. The van der Waals surface area contributed by atoms with Gasteiger partial charge in [-0.3, -0.25) is 0 Å². The maximum atomic E-state index is 13.3. The number of carbonyl (C=O) groups is 1. The maximum absolute atomic E-state index is 13.3. The number of urea groups is 1. The fraction of sp³-hybridized carbons (Fsp3) is 0.938. The molecule has 1 N–H and O–H groups in total. The molecule has 2 atom stereocenters. The second-order valence-electron chi connectivity index (χ2n) is 7.01. The van der Waals surface area contributed by atoms with Crippen molar-refractivity contribution in [3.8, 4) is 0 Å². The van der Waals surface area contributed by atoms with E-state index >= 15 is 0 Å². The Bertz CT molecular complexity index is 411. The number of nitrogens with one attached hydrogen (secondary N) is 1. The minimum atomic E-state index is -4.39. The van der Waals surface area contributed by atoms with E-state index in [-0.39, 0.29) is 5.60 Å². The summed E-state index contributed by atoms with van der Waals surface area (Å²) in [7, 11) is 1.63. The molecule has 23 heavy (non-hydrogen) atoms. The zero-order chi connectivity index (χ0) is 17.1. The second-order valence-corrected chi connectivity index (χ2v) is 7.01. The molecule has 0 aromatic rings. The van der Waals surface area contributed by atoms with E-state index in [4.69, 9.17) is 4.74 Å². The van der Waals surface area contributed by atoms with E-state index in [0.29, 0.717) is 32.4 Å². The standard InChI is InChI=1S/C16H27F3N2O2/c1-15(23-2)8-5-10-21(11-9-15)14(22)20-13(16(17,18)19)12-6-3-4-7-12/h12-13H,3-11H2,1-2H3,(H,20,22). The van der Waals surface area contributed by atoms with Gasteiger partial charge in [0, 0.05) is 20.2 Å². The van der Waals surface area contributed by atoms with Crippen molar-refractivity contribution < 1.29 is 22.7 Å². The predicted molar refractivity (Wildman–Crippen MR) is 81.2 cm³/mol. The zero-order valence-corrected chi connectivity index (χ0v) is 13.9. The highest BCUT2D eigenvalue weighted by atomic mass is 19.4. The molecule has 2 amide bonds. The molecule has 134 valence electrons. The van der Waals surface area contributed by atoms with Gasteiger partial charge in [0.1, 0.15) is 6.04 Å². The van der Waals surface area contributed by atoms with Gasteiger partial charge in [0.2, 0.25) is 0 Å². The van der Waals surface area contributed by atoms with Crippen molar-refractivity contribution in [2.75, 3.05) is 20.2 Å². The molecule has 0 radical (unpaired) electrons.